The maximum atomic E-state index is 6.40. The number of nitrogens with one attached hydrogen (secondary N) is 2. The second-order valence-electron chi connectivity index (χ2n) is 5.98. The van der Waals surface area contributed by atoms with Gasteiger partial charge in [0.25, 0.3) is 0 Å². The molecule has 0 saturated carbocycles. The van der Waals surface area contributed by atoms with Gasteiger partial charge >= 0.3 is 0 Å². The van der Waals surface area contributed by atoms with Gasteiger partial charge in [-0.2, -0.15) is 0 Å². The van der Waals surface area contributed by atoms with E-state index in [-0.39, 0.29) is 0 Å². The lowest BCUT2D eigenvalue weighted by atomic mass is 10.0. The molecule has 5 heteroatoms. The normalized spacial score (nSPS) is 21.3. The molecule has 1 aliphatic rings. The SMILES string of the molecule is CC(C)=CC[C@H]1C(C)NCc2c(Cl)ccc3[nH]c(=S)n1c23. The van der Waals surface area contributed by atoms with Crippen molar-refractivity contribution in [3.63, 3.8) is 0 Å². The third kappa shape index (κ3) is 2.56. The van der Waals surface area contributed by atoms with Crippen LogP contribution in [0, 0.1) is 4.77 Å². The highest BCUT2D eigenvalue weighted by Crippen LogP contribution is 2.33. The van der Waals surface area contributed by atoms with Crippen LogP contribution in [0.2, 0.25) is 5.02 Å². The van der Waals surface area contributed by atoms with Gasteiger partial charge in [0.15, 0.2) is 4.77 Å². The van der Waals surface area contributed by atoms with Crippen molar-refractivity contribution in [2.24, 2.45) is 0 Å². The van der Waals surface area contributed by atoms with Crippen LogP contribution < -0.4 is 5.32 Å². The molecule has 21 heavy (non-hydrogen) atoms. The maximum Gasteiger partial charge on any atom is 0.178 e. The number of hydrogen-bond donors (Lipinski definition) is 2. The van der Waals surface area contributed by atoms with Gasteiger partial charge in [-0.15, -0.1) is 0 Å². The summed E-state index contributed by atoms with van der Waals surface area (Å²) >= 11 is 12.0. The largest absolute Gasteiger partial charge is 0.331 e. The Bertz CT molecular complexity index is 768. The minimum Gasteiger partial charge on any atom is -0.331 e. The summed E-state index contributed by atoms with van der Waals surface area (Å²) in [6.07, 6.45) is 3.24. The van der Waals surface area contributed by atoms with E-state index in [1.807, 2.05) is 12.1 Å². The zero-order chi connectivity index (χ0) is 15.1. The van der Waals surface area contributed by atoms with E-state index in [0.717, 1.165) is 39.4 Å². The molecule has 2 heterocycles. The highest BCUT2D eigenvalue weighted by atomic mass is 35.5. The Morgan fingerprint density at radius 1 is 1.48 bits per heavy atom. The van der Waals surface area contributed by atoms with Crippen LogP contribution in [-0.4, -0.2) is 15.6 Å². The molecule has 2 aromatic rings. The molecule has 0 fully saturated rings. The number of rotatable bonds is 2. The fraction of sp³-hybridized carbons (Fsp3) is 0.438. The first-order valence-electron chi connectivity index (χ1n) is 7.27. The summed E-state index contributed by atoms with van der Waals surface area (Å²) in [5.74, 6) is 0. The minimum atomic E-state index is 0.292. The van der Waals surface area contributed by atoms with Gasteiger partial charge in [-0.05, 0) is 51.5 Å². The molecule has 3 rings (SSSR count). The number of aromatic amines is 1. The number of allylic oxidation sites excluding steroid dienone is 2. The van der Waals surface area contributed by atoms with Gasteiger partial charge in [-0.3, -0.25) is 0 Å². The van der Waals surface area contributed by atoms with E-state index < -0.39 is 0 Å². The predicted molar refractivity (Wildman–Crippen MR) is 91.5 cm³/mol. The lowest BCUT2D eigenvalue weighted by Gasteiger charge is -2.23. The topological polar surface area (TPSA) is 32.8 Å². The van der Waals surface area contributed by atoms with Crippen LogP contribution in [0.1, 0.15) is 38.8 Å². The Morgan fingerprint density at radius 2 is 2.24 bits per heavy atom. The van der Waals surface area contributed by atoms with Gasteiger partial charge in [0.05, 0.1) is 17.1 Å². The number of imidazole rings is 1. The maximum absolute atomic E-state index is 6.40. The van der Waals surface area contributed by atoms with Crippen LogP contribution in [0.15, 0.2) is 23.8 Å². The molecule has 0 saturated heterocycles. The molecular weight excluding hydrogens is 302 g/mol. The van der Waals surface area contributed by atoms with Crippen molar-refractivity contribution < 1.29 is 0 Å². The Labute approximate surface area is 135 Å². The van der Waals surface area contributed by atoms with Crippen molar-refractivity contribution in [2.75, 3.05) is 0 Å². The summed E-state index contributed by atoms with van der Waals surface area (Å²) in [6.45, 7) is 7.25. The summed E-state index contributed by atoms with van der Waals surface area (Å²) < 4.78 is 3.02. The van der Waals surface area contributed by atoms with E-state index in [1.54, 1.807) is 0 Å². The van der Waals surface area contributed by atoms with Crippen LogP contribution in [0.3, 0.4) is 0 Å². The second-order valence-corrected chi connectivity index (χ2v) is 6.77. The van der Waals surface area contributed by atoms with Crippen molar-refractivity contribution in [2.45, 2.75) is 45.8 Å². The lowest BCUT2D eigenvalue weighted by Crippen LogP contribution is -2.32. The summed E-state index contributed by atoms with van der Waals surface area (Å²) in [6, 6.07) is 4.58. The summed E-state index contributed by atoms with van der Waals surface area (Å²) in [5.41, 5.74) is 4.68. The monoisotopic (exact) mass is 321 g/mol. The molecule has 0 bridgehead atoms. The number of H-pyrrole nitrogens is 1. The number of aromatic nitrogens is 2. The van der Waals surface area contributed by atoms with E-state index in [9.17, 15) is 0 Å². The smallest absolute Gasteiger partial charge is 0.178 e. The van der Waals surface area contributed by atoms with Crippen LogP contribution in [0.4, 0.5) is 0 Å². The van der Waals surface area contributed by atoms with Crippen molar-refractivity contribution in [3.05, 3.63) is 39.1 Å². The van der Waals surface area contributed by atoms with E-state index in [1.165, 1.54) is 5.57 Å². The average Bonchev–Trinajstić information content (AvgIpc) is 2.66. The zero-order valence-electron chi connectivity index (χ0n) is 12.5. The van der Waals surface area contributed by atoms with Crippen LogP contribution >= 0.6 is 23.8 Å². The van der Waals surface area contributed by atoms with Gasteiger partial charge in [0, 0.05) is 23.2 Å². The lowest BCUT2D eigenvalue weighted by molar-refractivity contribution is 0.382. The van der Waals surface area contributed by atoms with Crippen LogP contribution in [0.5, 0.6) is 0 Å². The van der Waals surface area contributed by atoms with Crippen molar-refractivity contribution in [3.8, 4) is 0 Å². The van der Waals surface area contributed by atoms with Crippen LogP contribution in [0.25, 0.3) is 11.0 Å². The number of halogens is 1. The fourth-order valence-electron chi connectivity index (χ4n) is 3.04. The average molecular weight is 322 g/mol. The Morgan fingerprint density at radius 3 is 2.95 bits per heavy atom. The molecule has 1 aliphatic heterocycles. The number of nitrogens with zero attached hydrogens (tertiary/aromatic N) is 1. The first kappa shape index (κ1) is 14.8. The molecule has 112 valence electrons. The number of hydrogen-bond acceptors (Lipinski definition) is 2. The molecule has 0 spiro atoms. The van der Waals surface area contributed by atoms with E-state index in [2.05, 4.69) is 41.7 Å². The van der Waals surface area contributed by atoms with Gasteiger partial charge in [-0.1, -0.05) is 23.3 Å². The van der Waals surface area contributed by atoms with Gasteiger partial charge < -0.3 is 14.9 Å². The number of benzene rings is 1. The highest BCUT2D eigenvalue weighted by Gasteiger charge is 2.26. The van der Waals surface area contributed by atoms with E-state index in [4.69, 9.17) is 23.8 Å². The van der Waals surface area contributed by atoms with E-state index in [0.29, 0.717) is 12.1 Å². The molecule has 1 aromatic carbocycles. The Kier molecular flexibility index (Phi) is 3.95. The predicted octanol–water partition coefficient (Wildman–Crippen LogP) is 4.74. The fourth-order valence-corrected chi connectivity index (χ4v) is 3.59. The summed E-state index contributed by atoms with van der Waals surface area (Å²) in [7, 11) is 0. The quantitative estimate of drug-likeness (QED) is 0.618. The van der Waals surface area contributed by atoms with Gasteiger partial charge in [-0.25, -0.2) is 0 Å². The molecule has 1 unspecified atom stereocenters. The molecule has 0 aliphatic carbocycles. The second kappa shape index (κ2) is 5.59. The minimum absolute atomic E-state index is 0.292. The molecular formula is C16H20ClN3S. The van der Waals surface area contributed by atoms with Crippen LogP contribution in [-0.2, 0) is 6.54 Å². The van der Waals surface area contributed by atoms with Gasteiger partial charge in [0.2, 0.25) is 0 Å². The Hall–Kier alpha value is -1.10. The molecule has 3 nitrogen and oxygen atoms in total. The first-order valence-corrected chi connectivity index (χ1v) is 8.06. The Balaban J connectivity index is 2.25. The standard InChI is InChI=1S/C16H20ClN3S/c1-9(2)4-7-14-10(3)18-8-11-12(17)5-6-13-15(11)20(14)16(21)19-13/h4-6,10,14,18H,7-8H2,1-3H3,(H,19,21)/t10?,14-/m0/s1. The molecule has 0 radical (unpaired) electrons. The molecule has 2 N–H and O–H groups in total. The summed E-state index contributed by atoms with van der Waals surface area (Å²) in [5, 5.41) is 4.38. The molecule has 0 amide bonds. The summed E-state index contributed by atoms with van der Waals surface area (Å²) in [4.78, 5) is 3.32. The molecule has 1 aromatic heterocycles. The van der Waals surface area contributed by atoms with Crippen molar-refractivity contribution in [1.29, 1.82) is 0 Å². The van der Waals surface area contributed by atoms with Crippen molar-refractivity contribution >= 4 is 34.9 Å². The third-order valence-electron chi connectivity index (χ3n) is 4.20. The first-order chi connectivity index (χ1) is 9.99. The van der Waals surface area contributed by atoms with Crippen molar-refractivity contribution in [1.82, 2.24) is 14.9 Å². The zero-order valence-corrected chi connectivity index (χ0v) is 14.1. The third-order valence-corrected chi connectivity index (χ3v) is 4.86. The highest BCUT2D eigenvalue weighted by molar-refractivity contribution is 7.71. The molecule has 2 atom stereocenters. The van der Waals surface area contributed by atoms with E-state index >= 15 is 0 Å². The van der Waals surface area contributed by atoms with Gasteiger partial charge in [0.1, 0.15) is 0 Å².